The molecule has 1 aromatic heterocycles. The Labute approximate surface area is 125 Å². The molecule has 0 atom stereocenters. The number of pyridine rings is 1. The van der Waals surface area contributed by atoms with Gasteiger partial charge in [0, 0.05) is 25.5 Å². The van der Waals surface area contributed by atoms with E-state index in [2.05, 4.69) is 9.72 Å². The minimum atomic E-state index is -0.198. The molecule has 0 aliphatic carbocycles. The summed E-state index contributed by atoms with van der Waals surface area (Å²) in [6.45, 7) is 13.7. The summed E-state index contributed by atoms with van der Waals surface area (Å²) in [5, 5.41) is 0. The molecule has 0 unspecified atom stereocenters. The molecular weight excluding hydrogens is 252 g/mol. The third kappa shape index (κ3) is 14.5. The summed E-state index contributed by atoms with van der Waals surface area (Å²) in [5.41, 5.74) is 0. The van der Waals surface area contributed by atoms with Crippen molar-refractivity contribution in [2.75, 3.05) is 20.2 Å². The summed E-state index contributed by atoms with van der Waals surface area (Å²) >= 11 is 0. The van der Waals surface area contributed by atoms with Crippen molar-refractivity contribution in [1.29, 1.82) is 0 Å². The van der Waals surface area contributed by atoms with Crippen molar-refractivity contribution in [1.82, 2.24) is 9.88 Å². The number of carbonyl (C=O) groups is 1. The average molecular weight is 284 g/mol. The van der Waals surface area contributed by atoms with E-state index >= 15 is 0 Å². The maximum atomic E-state index is 10.5. The first kappa shape index (κ1) is 23.5. The summed E-state index contributed by atoms with van der Waals surface area (Å²) in [4.78, 5) is 15.9. The first-order valence-electron chi connectivity index (χ1n) is 7.52. The molecule has 4 heteroatoms. The van der Waals surface area contributed by atoms with Crippen LogP contribution in [0.5, 0.6) is 0 Å². The minimum Gasteiger partial charge on any atom is -0.453 e. The number of amides is 1. The summed E-state index contributed by atoms with van der Waals surface area (Å²) in [6.07, 6.45) is 4.42. The minimum absolute atomic E-state index is 0.198. The van der Waals surface area contributed by atoms with Crippen molar-refractivity contribution in [3.05, 3.63) is 30.6 Å². The van der Waals surface area contributed by atoms with Crippen molar-refractivity contribution in [3.8, 4) is 0 Å². The highest BCUT2D eigenvalue weighted by atomic mass is 16.5. The lowest BCUT2D eigenvalue weighted by Gasteiger charge is -2.28. The lowest BCUT2D eigenvalue weighted by molar-refractivity contribution is 0.0991. The van der Waals surface area contributed by atoms with E-state index in [1.165, 1.54) is 7.11 Å². The SMILES string of the molecule is CC.CC.CC.COC(=O)N1CCC1.c1ccncc1. The molecule has 1 aromatic rings. The van der Waals surface area contributed by atoms with Gasteiger partial charge in [-0.15, -0.1) is 0 Å². The number of hydrogen-bond donors (Lipinski definition) is 0. The van der Waals surface area contributed by atoms with E-state index in [1.807, 2.05) is 59.7 Å². The van der Waals surface area contributed by atoms with Crippen LogP contribution >= 0.6 is 0 Å². The van der Waals surface area contributed by atoms with Gasteiger partial charge in [-0.3, -0.25) is 4.98 Å². The van der Waals surface area contributed by atoms with E-state index in [-0.39, 0.29) is 6.09 Å². The van der Waals surface area contributed by atoms with Crippen LogP contribution in [0.2, 0.25) is 0 Å². The molecule has 0 aromatic carbocycles. The van der Waals surface area contributed by atoms with E-state index < -0.39 is 0 Å². The Bertz CT molecular complexity index is 236. The summed E-state index contributed by atoms with van der Waals surface area (Å²) in [5.74, 6) is 0. The molecular formula is C16H32N2O2. The molecule has 4 nitrogen and oxygen atoms in total. The highest BCUT2D eigenvalue weighted by Gasteiger charge is 2.19. The Morgan fingerprint density at radius 1 is 0.950 bits per heavy atom. The Morgan fingerprint density at radius 2 is 1.40 bits per heavy atom. The van der Waals surface area contributed by atoms with E-state index in [0.717, 1.165) is 19.5 Å². The number of aromatic nitrogens is 1. The van der Waals surface area contributed by atoms with Crippen LogP contribution in [-0.4, -0.2) is 36.2 Å². The van der Waals surface area contributed by atoms with Crippen LogP contribution < -0.4 is 0 Å². The third-order valence-corrected chi connectivity index (χ3v) is 1.86. The normalized spacial score (nSPS) is 10.2. The zero-order chi connectivity index (χ0) is 16.2. The maximum absolute atomic E-state index is 10.5. The maximum Gasteiger partial charge on any atom is 0.409 e. The largest absolute Gasteiger partial charge is 0.453 e. The lowest BCUT2D eigenvalue weighted by Crippen LogP contribution is -2.41. The van der Waals surface area contributed by atoms with Gasteiger partial charge in [-0.25, -0.2) is 4.79 Å². The standard InChI is InChI=1S/C5H9NO2.C5H5N.3C2H6/c1-8-5(7)6-3-2-4-6;1-2-4-6-5-3-1;3*1-2/h2-4H2,1H3;1-5H;3*1-2H3. The monoisotopic (exact) mass is 284 g/mol. The van der Waals surface area contributed by atoms with Crippen LogP contribution in [0.3, 0.4) is 0 Å². The van der Waals surface area contributed by atoms with Crippen molar-refractivity contribution >= 4 is 6.09 Å². The van der Waals surface area contributed by atoms with Crippen LogP contribution in [0.4, 0.5) is 4.79 Å². The smallest absolute Gasteiger partial charge is 0.409 e. The van der Waals surface area contributed by atoms with Crippen molar-refractivity contribution in [3.63, 3.8) is 0 Å². The van der Waals surface area contributed by atoms with E-state index in [1.54, 1.807) is 17.3 Å². The number of methoxy groups -OCH3 is 1. The predicted octanol–water partition coefficient (Wildman–Crippen LogP) is 4.62. The fraction of sp³-hybridized carbons (Fsp3) is 0.625. The third-order valence-electron chi connectivity index (χ3n) is 1.86. The highest BCUT2D eigenvalue weighted by molar-refractivity contribution is 5.68. The molecule has 2 rings (SSSR count). The van der Waals surface area contributed by atoms with Gasteiger partial charge >= 0.3 is 6.09 Å². The van der Waals surface area contributed by atoms with Gasteiger partial charge in [0.05, 0.1) is 7.11 Å². The molecule has 1 saturated heterocycles. The van der Waals surface area contributed by atoms with Crippen LogP contribution in [0, 0.1) is 0 Å². The van der Waals surface area contributed by atoms with Gasteiger partial charge in [0.15, 0.2) is 0 Å². The van der Waals surface area contributed by atoms with Gasteiger partial charge < -0.3 is 9.64 Å². The zero-order valence-corrected chi connectivity index (χ0v) is 14.2. The molecule has 1 aliphatic heterocycles. The van der Waals surface area contributed by atoms with Crippen molar-refractivity contribution in [2.24, 2.45) is 0 Å². The molecule has 118 valence electrons. The Kier molecular flexibility index (Phi) is 26.5. The molecule has 0 N–H and O–H groups in total. The second-order valence-electron chi connectivity index (χ2n) is 2.84. The fourth-order valence-corrected chi connectivity index (χ4v) is 0.941. The number of nitrogens with zero attached hydrogens (tertiary/aromatic N) is 2. The Morgan fingerprint density at radius 3 is 1.50 bits per heavy atom. The molecule has 0 saturated carbocycles. The Balaban J connectivity index is -0.000000215. The predicted molar refractivity (Wildman–Crippen MR) is 86.9 cm³/mol. The first-order chi connectivity index (χ1) is 9.84. The molecule has 1 aliphatic rings. The topological polar surface area (TPSA) is 42.4 Å². The van der Waals surface area contributed by atoms with Crippen LogP contribution in [-0.2, 0) is 4.74 Å². The van der Waals surface area contributed by atoms with Crippen molar-refractivity contribution in [2.45, 2.75) is 48.0 Å². The number of rotatable bonds is 0. The van der Waals surface area contributed by atoms with E-state index in [0.29, 0.717) is 0 Å². The number of carbonyl (C=O) groups excluding carboxylic acids is 1. The van der Waals surface area contributed by atoms with Crippen LogP contribution in [0.15, 0.2) is 30.6 Å². The Hall–Kier alpha value is -1.58. The van der Waals surface area contributed by atoms with Gasteiger partial charge in [0.1, 0.15) is 0 Å². The van der Waals surface area contributed by atoms with Gasteiger partial charge in [-0.2, -0.15) is 0 Å². The summed E-state index contributed by atoms with van der Waals surface area (Å²) in [7, 11) is 1.40. The average Bonchev–Trinajstić information content (AvgIpc) is 2.54. The zero-order valence-electron chi connectivity index (χ0n) is 14.2. The molecule has 0 radical (unpaired) electrons. The van der Waals surface area contributed by atoms with E-state index in [4.69, 9.17) is 0 Å². The van der Waals surface area contributed by atoms with Gasteiger partial charge in [0.25, 0.3) is 0 Å². The van der Waals surface area contributed by atoms with Crippen LogP contribution in [0.25, 0.3) is 0 Å². The second kappa shape index (κ2) is 22.6. The van der Waals surface area contributed by atoms with Crippen LogP contribution in [0.1, 0.15) is 48.0 Å². The van der Waals surface area contributed by atoms with E-state index in [9.17, 15) is 4.79 Å². The first-order valence-corrected chi connectivity index (χ1v) is 7.52. The van der Waals surface area contributed by atoms with Gasteiger partial charge in [-0.1, -0.05) is 47.6 Å². The number of hydrogen-bond acceptors (Lipinski definition) is 3. The molecule has 1 amide bonds. The summed E-state index contributed by atoms with van der Waals surface area (Å²) in [6, 6.07) is 5.72. The number of likely N-dealkylation sites (tertiary alicyclic amines) is 1. The molecule has 2 heterocycles. The molecule has 0 bridgehead atoms. The second-order valence-corrected chi connectivity index (χ2v) is 2.84. The van der Waals surface area contributed by atoms with Crippen molar-refractivity contribution < 1.29 is 9.53 Å². The quantitative estimate of drug-likeness (QED) is 0.698. The lowest BCUT2D eigenvalue weighted by atomic mass is 10.2. The molecule has 0 spiro atoms. The molecule has 20 heavy (non-hydrogen) atoms. The highest BCUT2D eigenvalue weighted by Crippen LogP contribution is 2.05. The van der Waals surface area contributed by atoms with Gasteiger partial charge in [0.2, 0.25) is 0 Å². The summed E-state index contributed by atoms with van der Waals surface area (Å²) < 4.78 is 4.44. The van der Waals surface area contributed by atoms with Gasteiger partial charge in [-0.05, 0) is 18.6 Å². The fourth-order valence-electron chi connectivity index (χ4n) is 0.941. The molecule has 1 fully saturated rings. The number of ether oxygens (including phenoxy) is 1.